The van der Waals surface area contributed by atoms with Gasteiger partial charge in [-0.2, -0.15) is 5.26 Å². The lowest BCUT2D eigenvalue weighted by atomic mass is 9.74. The number of nitriles is 1. The van der Waals surface area contributed by atoms with Gasteiger partial charge < -0.3 is 0 Å². The highest BCUT2D eigenvalue weighted by atomic mass is 15.2. The van der Waals surface area contributed by atoms with Crippen molar-refractivity contribution < 1.29 is 0 Å². The summed E-state index contributed by atoms with van der Waals surface area (Å²) in [5.41, 5.74) is 0.573. The van der Waals surface area contributed by atoms with Gasteiger partial charge >= 0.3 is 0 Å². The molecule has 2 nitrogen and oxygen atoms in total. The molecule has 0 aromatic heterocycles. The Balaban J connectivity index is 2.35. The summed E-state index contributed by atoms with van der Waals surface area (Å²) in [5.74, 6) is 0. The minimum absolute atomic E-state index is 0.455. The van der Waals surface area contributed by atoms with Crippen LogP contribution in [0.15, 0.2) is 0 Å². The second-order valence-electron chi connectivity index (χ2n) is 4.32. The topological polar surface area (TPSA) is 27.0 Å². The van der Waals surface area contributed by atoms with E-state index in [1.54, 1.807) is 0 Å². The van der Waals surface area contributed by atoms with Crippen molar-refractivity contribution in [3.05, 3.63) is 0 Å². The largest absolute Gasteiger partial charge is 0.298 e. The average Bonchev–Trinajstić information content (AvgIpc) is 2.05. The molecule has 1 unspecified atom stereocenters. The summed E-state index contributed by atoms with van der Waals surface area (Å²) < 4.78 is 0. The Bertz CT molecular complexity index is 193. The van der Waals surface area contributed by atoms with Crippen molar-refractivity contribution in [1.29, 1.82) is 5.26 Å². The maximum absolute atomic E-state index is 8.57. The van der Waals surface area contributed by atoms with Gasteiger partial charge in [-0.15, -0.1) is 0 Å². The zero-order valence-corrected chi connectivity index (χ0v) is 9.01. The van der Waals surface area contributed by atoms with Crippen LogP contribution in [0, 0.1) is 16.7 Å². The zero-order chi connectivity index (χ0) is 9.90. The Kier molecular flexibility index (Phi) is 3.33. The van der Waals surface area contributed by atoms with Crippen LogP contribution in [0.25, 0.3) is 0 Å². The quantitative estimate of drug-likeness (QED) is 0.664. The molecule has 1 aliphatic rings. The molecule has 1 rings (SSSR count). The molecule has 0 N–H and O–H groups in total. The first-order valence-electron chi connectivity index (χ1n) is 5.28. The molecular weight excluding hydrogens is 160 g/mol. The molecule has 0 amide bonds. The third kappa shape index (κ3) is 2.03. The predicted molar refractivity (Wildman–Crippen MR) is 54.3 cm³/mol. The van der Waals surface area contributed by atoms with E-state index in [-0.39, 0.29) is 0 Å². The van der Waals surface area contributed by atoms with Crippen LogP contribution in [-0.4, -0.2) is 24.0 Å². The molecule has 1 atom stereocenters. The van der Waals surface area contributed by atoms with E-state index in [0.29, 0.717) is 17.9 Å². The van der Waals surface area contributed by atoms with Gasteiger partial charge in [-0.1, -0.05) is 13.8 Å². The molecule has 1 saturated heterocycles. The van der Waals surface area contributed by atoms with Crippen LogP contribution in [0.3, 0.4) is 0 Å². The third-order valence-corrected chi connectivity index (χ3v) is 3.59. The smallest absolute Gasteiger partial charge is 0.0638 e. The highest BCUT2D eigenvalue weighted by Crippen LogP contribution is 2.38. The van der Waals surface area contributed by atoms with Crippen molar-refractivity contribution >= 4 is 0 Å². The maximum atomic E-state index is 8.57. The van der Waals surface area contributed by atoms with Gasteiger partial charge in [0.15, 0.2) is 0 Å². The number of rotatable bonds is 4. The summed E-state index contributed by atoms with van der Waals surface area (Å²) in [6, 6.07) is 2.69. The van der Waals surface area contributed by atoms with E-state index in [4.69, 9.17) is 5.26 Å². The van der Waals surface area contributed by atoms with Crippen LogP contribution >= 0.6 is 0 Å². The molecule has 2 heteroatoms. The molecule has 0 aromatic carbocycles. The van der Waals surface area contributed by atoms with E-state index in [0.717, 1.165) is 0 Å². The highest BCUT2D eigenvalue weighted by Gasteiger charge is 2.41. The van der Waals surface area contributed by atoms with Crippen molar-refractivity contribution in [1.82, 2.24) is 4.90 Å². The van der Waals surface area contributed by atoms with E-state index in [1.165, 1.54) is 25.9 Å². The van der Waals surface area contributed by atoms with E-state index < -0.39 is 0 Å². The number of hydrogen-bond donors (Lipinski definition) is 0. The summed E-state index contributed by atoms with van der Waals surface area (Å²) in [5, 5.41) is 8.57. The Labute approximate surface area is 81.5 Å². The summed E-state index contributed by atoms with van der Waals surface area (Å²) in [4.78, 5) is 2.43. The number of hydrogen-bond acceptors (Lipinski definition) is 2. The molecular formula is C11H20N2. The van der Waals surface area contributed by atoms with E-state index in [2.05, 4.69) is 31.7 Å². The second-order valence-corrected chi connectivity index (χ2v) is 4.32. The van der Waals surface area contributed by atoms with E-state index >= 15 is 0 Å². The van der Waals surface area contributed by atoms with Gasteiger partial charge in [0.1, 0.15) is 0 Å². The SMILES string of the molecule is CCC1(CC)CN(C(C)CC#N)C1. The van der Waals surface area contributed by atoms with Crippen molar-refractivity contribution in [3.8, 4) is 6.07 Å². The van der Waals surface area contributed by atoms with Crippen LogP contribution in [-0.2, 0) is 0 Å². The lowest BCUT2D eigenvalue weighted by Gasteiger charge is -2.52. The molecule has 0 saturated carbocycles. The molecule has 1 fully saturated rings. The molecule has 1 aliphatic heterocycles. The molecule has 0 aromatic rings. The Hall–Kier alpha value is -0.550. The molecule has 13 heavy (non-hydrogen) atoms. The van der Waals surface area contributed by atoms with Crippen LogP contribution in [0.1, 0.15) is 40.0 Å². The molecule has 0 spiro atoms. The summed E-state index contributed by atoms with van der Waals surface area (Å²) in [6.07, 6.45) is 3.22. The van der Waals surface area contributed by atoms with Crippen molar-refractivity contribution in [2.45, 2.75) is 46.1 Å². The fourth-order valence-electron chi connectivity index (χ4n) is 2.09. The minimum atomic E-state index is 0.455. The fourth-order valence-corrected chi connectivity index (χ4v) is 2.09. The lowest BCUT2D eigenvalue weighted by Crippen LogP contribution is -2.58. The second kappa shape index (κ2) is 4.11. The molecule has 0 radical (unpaired) electrons. The summed E-state index contributed by atoms with van der Waals surface area (Å²) in [7, 11) is 0. The highest BCUT2D eigenvalue weighted by molar-refractivity contribution is 4.96. The molecule has 1 heterocycles. The fraction of sp³-hybridized carbons (Fsp3) is 0.909. The minimum Gasteiger partial charge on any atom is -0.298 e. The van der Waals surface area contributed by atoms with Gasteiger partial charge in [-0.05, 0) is 25.2 Å². The summed E-state index contributed by atoms with van der Waals surface area (Å²) in [6.45, 7) is 9.09. The van der Waals surface area contributed by atoms with Gasteiger partial charge in [0.25, 0.3) is 0 Å². The van der Waals surface area contributed by atoms with Crippen molar-refractivity contribution in [3.63, 3.8) is 0 Å². The van der Waals surface area contributed by atoms with Gasteiger partial charge in [0.05, 0.1) is 12.5 Å². The molecule has 0 bridgehead atoms. The first-order valence-corrected chi connectivity index (χ1v) is 5.28. The monoisotopic (exact) mass is 180 g/mol. The standard InChI is InChI=1S/C11H20N2/c1-4-11(5-2)8-13(9-11)10(3)6-7-12/h10H,4-6,8-9H2,1-3H3. The summed E-state index contributed by atoms with van der Waals surface area (Å²) >= 11 is 0. The zero-order valence-electron chi connectivity index (χ0n) is 9.01. The number of likely N-dealkylation sites (tertiary alicyclic amines) is 1. The predicted octanol–water partition coefficient (Wildman–Crippen LogP) is 2.41. The van der Waals surface area contributed by atoms with Crippen LogP contribution < -0.4 is 0 Å². The van der Waals surface area contributed by atoms with Crippen molar-refractivity contribution in [2.75, 3.05) is 13.1 Å². The number of nitrogens with zero attached hydrogens (tertiary/aromatic N) is 2. The Morgan fingerprint density at radius 1 is 1.38 bits per heavy atom. The van der Waals surface area contributed by atoms with Crippen LogP contribution in [0.2, 0.25) is 0 Å². The van der Waals surface area contributed by atoms with Gasteiger partial charge in [-0.3, -0.25) is 4.90 Å². The molecule has 0 aliphatic carbocycles. The normalized spacial score (nSPS) is 23.2. The van der Waals surface area contributed by atoms with E-state index in [9.17, 15) is 0 Å². The van der Waals surface area contributed by atoms with Crippen LogP contribution in [0.5, 0.6) is 0 Å². The Morgan fingerprint density at radius 2 is 1.92 bits per heavy atom. The first-order chi connectivity index (χ1) is 6.17. The maximum Gasteiger partial charge on any atom is 0.0638 e. The average molecular weight is 180 g/mol. The lowest BCUT2D eigenvalue weighted by molar-refractivity contribution is -0.0308. The van der Waals surface area contributed by atoms with Gasteiger partial charge in [0.2, 0.25) is 0 Å². The molecule has 74 valence electrons. The first kappa shape index (κ1) is 10.5. The third-order valence-electron chi connectivity index (χ3n) is 3.59. The van der Waals surface area contributed by atoms with Gasteiger partial charge in [-0.25, -0.2) is 0 Å². The van der Waals surface area contributed by atoms with Crippen LogP contribution in [0.4, 0.5) is 0 Å². The van der Waals surface area contributed by atoms with Gasteiger partial charge in [0, 0.05) is 19.1 Å². The van der Waals surface area contributed by atoms with Crippen molar-refractivity contribution in [2.24, 2.45) is 5.41 Å². The van der Waals surface area contributed by atoms with E-state index in [1.807, 2.05) is 0 Å². The Morgan fingerprint density at radius 3 is 2.31 bits per heavy atom.